The number of nitrogens with zero attached hydrogens (tertiary/aromatic N) is 1. The van der Waals surface area contributed by atoms with E-state index >= 15 is 0 Å². The molecule has 0 aliphatic heterocycles. The number of amides is 1. The first-order valence-corrected chi connectivity index (χ1v) is 7.05. The van der Waals surface area contributed by atoms with Crippen molar-refractivity contribution >= 4 is 27.5 Å². The first-order valence-electron chi connectivity index (χ1n) is 6.26. The predicted molar refractivity (Wildman–Crippen MR) is 80.4 cm³/mol. The zero-order valence-electron chi connectivity index (χ0n) is 11.3. The number of hydrogen-bond donors (Lipinski definition) is 2. The Morgan fingerprint density at radius 3 is 2.70 bits per heavy atom. The van der Waals surface area contributed by atoms with Gasteiger partial charge >= 0.3 is 0 Å². The molecule has 1 heterocycles. The molecular formula is C14H16BrN3O2. The first kappa shape index (κ1) is 14.7. The summed E-state index contributed by atoms with van der Waals surface area (Å²) in [5.41, 5.74) is 0.764. The van der Waals surface area contributed by atoms with E-state index < -0.39 is 0 Å². The Labute approximate surface area is 125 Å². The zero-order chi connectivity index (χ0) is 14.5. The summed E-state index contributed by atoms with van der Waals surface area (Å²) in [6.45, 7) is 3.93. The van der Waals surface area contributed by atoms with E-state index in [9.17, 15) is 4.79 Å². The lowest BCUT2D eigenvalue weighted by Crippen LogP contribution is -2.30. The van der Waals surface area contributed by atoms with Gasteiger partial charge in [-0.3, -0.25) is 10.1 Å². The lowest BCUT2D eigenvalue weighted by Gasteiger charge is -2.10. The van der Waals surface area contributed by atoms with E-state index in [2.05, 4.69) is 31.5 Å². The van der Waals surface area contributed by atoms with Gasteiger partial charge in [0, 0.05) is 10.2 Å². The molecule has 0 radical (unpaired) electrons. The number of rotatable bonds is 5. The van der Waals surface area contributed by atoms with Crippen LogP contribution in [0.2, 0.25) is 0 Å². The molecule has 0 spiro atoms. The van der Waals surface area contributed by atoms with Gasteiger partial charge in [0.25, 0.3) is 0 Å². The van der Waals surface area contributed by atoms with Crippen molar-refractivity contribution in [3.63, 3.8) is 0 Å². The minimum atomic E-state index is -0.112. The highest BCUT2D eigenvalue weighted by atomic mass is 79.9. The van der Waals surface area contributed by atoms with E-state index in [1.807, 2.05) is 38.1 Å². The van der Waals surface area contributed by atoms with Crippen LogP contribution in [-0.2, 0) is 4.79 Å². The summed E-state index contributed by atoms with van der Waals surface area (Å²) in [7, 11) is 0. The van der Waals surface area contributed by atoms with Crippen molar-refractivity contribution in [2.75, 3.05) is 11.9 Å². The highest BCUT2D eigenvalue weighted by Gasteiger charge is 2.12. The second-order valence-corrected chi connectivity index (χ2v) is 5.38. The van der Waals surface area contributed by atoms with Crippen molar-refractivity contribution in [1.29, 1.82) is 0 Å². The molecule has 0 aliphatic carbocycles. The van der Waals surface area contributed by atoms with E-state index in [4.69, 9.17) is 4.42 Å². The van der Waals surface area contributed by atoms with Gasteiger partial charge in [0.1, 0.15) is 5.76 Å². The zero-order valence-corrected chi connectivity index (χ0v) is 12.9. The molecule has 1 aromatic heterocycles. The van der Waals surface area contributed by atoms with Gasteiger partial charge in [-0.25, -0.2) is 4.98 Å². The Hall–Kier alpha value is -1.66. The molecule has 6 heteroatoms. The number of nitrogens with one attached hydrogen (secondary N) is 2. The van der Waals surface area contributed by atoms with Gasteiger partial charge in [-0.05, 0) is 38.1 Å². The maximum absolute atomic E-state index is 11.8. The Morgan fingerprint density at radius 2 is 2.10 bits per heavy atom. The molecular weight excluding hydrogens is 322 g/mol. The molecule has 1 atom stereocenters. The molecule has 106 valence electrons. The summed E-state index contributed by atoms with van der Waals surface area (Å²) in [5.74, 6) is 1.23. The number of benzene rings is 1. The van der Waals surface area contributed by atoms with Crippen LogP contribution in [0.25, 0.3) is 0 Å². The van der Waals surface area contributed by atoms with E-state index in [0.29, 0.717) is 5.89 Å². The largest absolute Gasteiger partial charge is 0.444 e. The molecule has 0 aliphatic rings. The van der Waals surface area contributed by atoms with Crippen molar-refractivity contribution in [2.45, 2.75) is 19.9 Å². The molecule has 0 bridgehead atoms. The fourth-order valence-electron chi connectivity index (χ4n) is 1.64. The molecule has 1 unspecified atom stereocenters. The molecule has 2 aromatic rings. The summed E-state index contributed by atoms with van der Waals surface area (Å²) in [6, 6.07) is 7.31. The predicted octanol–water partition coefficient (Wildman–Crippen LogP) is 3.03. The van der Waals surface area contributed by atoms with Gasteiger partial charge in [-0.2, -0.15) is 0 Å². The van der Waals surface area contributed by atoms with E-state index in [1.165, 1.54) is 0 Å². The van der Waals surface area contributed by atoms with Crippen LogP contribution in [0.4, 0.5) is 5.69 Å². The average Bonchev–Trinajstić information content (AvgIpc) is 2.85. The van der Waals surface area contributed by atoms with Crippen LogP contribution in [-0.4, -0.2) is 17.4 Å². The minimum Gasteiger partial charge on any atom is -0.444 e. The fraction of sp³-hybridized carbons (Fsp3) is 0.286. The maximum Gasteiger partial charge on any atom is 0.238 e. The highest BCUT2D eigenvalue weighted by molar-refractivity contribution is 9.10. The number of aromatic nitrogens is 1. The second kappa shape index (κ2) is 6.67. The summed E-state index contributed by atoms with van der Waals surface area (Å²) >= 11 is 3.35. The number of aryl methyl sites for hydroxylation is 1. The van der Waals surface area contributed by atoms with Crippen molar-refractivity contribution in [1.82, 2.24) is 10.3 Å². The molecule has 0 saturated carbocycles. The Morgan fingerprint density at radius 1 is 1.40 bits per heavy atom. The van der Waals surface area contributed by atoms with Crippen LogP contribution >= 0.6 is 15.9 Å². The van der Waals surface area contributed by atoms with Gasteiger partial charge in [0.15, 0.2) is 0 Å². The molecule has 1 aromatic carbocycles. The topological polar surface area (TPSA) is 67.2 Å². The van der Waals surface area contributed by atoms with Crippen LogP contribution in [0.3, 0.4) is 0 Å². The van der Waals surface area contributed by atoms with Crippen LogP contribution in [0.1, 0.15) is 24.6 Å². The average molecular weight is 338 g/mol. The van der Waals surface area contributed by atoms with Crippen molar-refractivity contribution in [3.05, 3.63) is 46.6 Å². The SMILES string of the molecule is Cc1cnc(C(C)NCC(=O)Nc2ccc(Br)cc2)o1. The minimum absolute atomic E-state index is 0.109. The van der Waals surface area contributed by atoms with Crippen LogP contribution in [0.5, 0.6) is 0 Å². The number of anilines is 1. The fourth-order valence-corrected chi connectivity index (χ4v) is 1.91. The number of hydrogen-bond acceptors (Lipinski definition) is 4. The van der Waals surface area contributed by atoms with E-state index in [-0.39, 0.29) is 18.5 Å². The monoisotopic (exact) mass is 337 g/mol. The van der Waals surface area contributed by atoms with E-state index in [0.717, 1.165) is 15.9 Å². The lowest BCUT2D eigenvalue weighted by atomic mass is 10.3. The Balaban J connectivity index is 1.81. The quantitative estimate of drug-likeness (QED) is 0.879. The summed E-state index contributed by atoms with van der Waals surface area (Å²) in [4.78, 5) is 15.9. The number of oxazole rings is 1. The third-order valence-electron chi connectivity index (χ3n) is 2.71. The van der Waals surface area contributed by atoms with Crippen molar-refractivity contribution in [3.8, 4) is 0 Å². The van der Waals surface area contributed by atoms with Gasteiger partial charge in [-0.1, -0.05) is 15.9 Å². The van der Waals surface area contributed by atoms with Crippen LogP contribution < -0.4 is 10.6 Å². The number of carbonyl (C=O) groups is 1. The van der Waals surface area contributed by atoms with Gasteiger partial charge < -0.3 is 9.73 Å². The Bertz CT molecular complexity index is 580. The van der Waals surface area contributed by atoms with Crippen LogP contribution in [0, 0.1) is 6.92 Å². The standard InChI is InChI=1S/C14H16BrN3O2/c1-9-7-17-14(20-9)10(2)16-8-13(19)18-12-5-3-11(15)4-6-12/h3-7,10,16H,8H2,1-2H3,(H,18,19). The first-order chi connectivity index (χ1) is 9.54. The smallest absolute Gasteiger partial charge is 0.238 e. The van der Waals surface area contributed by atoms with Crippen LogP contribution in [0.15, 0.2) is 39.4 Å². The van der Waals surface area contributed by atoms with Gasteiger partial charge in [0.2, 0.25) is 11.8 Å². The highest BCUT2D eigenvalue weighted by Crippen LogP contribution is 2.14. The molecule has 5 nitrogen and oxygen atoms in total. The molecule has 0 saturated heterocycles. The summed E-state index contributed by atoms with van der Waals surface area (Å²) in [5, 5.41) is 5.87. The van der Waals surface area contributed by atoms with E-state index in [1.54, 1.807) is 6.20 Å². The third kappa shape index (κ3) is 4.18. The van der Waals surface area contributed by atoms with Crippen molar-refractivity contribution in [2.24, 2.45) is 0 Å². The Kier molecular flexibility index (Phi) is 4.92. The van der Waals surface area contributed by atoms with Gasteiger partial charge in [-0.15, -0.1) is 0 Å². The molecule has 20 heavy (non-hydrogen) atoms. The number of carbonyl (C=O) groups excluding carboxylic acids is 1. The molecule has 1 amide bonds. The van der Waals surface area contributed by atoms with Gasteiger partial charge in [0.05, 0.1) is 18.8 Å². The molecule has 2 N–H and O–H groups in total. The molecule has 0 fully saturated rings. The maximum atomic E-state index is 11.8. The molecule has 2 rings (SSSR count). The lowest BCUT2D eigenvalue weighted by molar-refractivity contribution is -0.115. The summed E-state index contributed by atoms with van der Waals surface area (Å²) < 4.78 is 6.37. The number of halogens is 1. The normalized spacial score (nSPS) is 12.2. The summed E-state index contributed by atoms with van der Waals surface area (Å²) in [6.07, 6.45) is 1.66. The second-order valence-electron chi connectivity index (χ2n) is 4.47. The van der Waals surface area contributed by atoms with Crippen molar-refractivity contribution < 1.29 is 9.21 Å². The third-order valence-corrected chi connectivity index (χ3v) is 3.24.